The second-order valence-electron chi connectivity index (χ2n) is 9.64. The summed E-state index contributed by atoms with van der Waals surface area (Å²) in [5.74, 6) is 0.381. The second-order valence-corrected chi connectivity index (χ2v) is 9.64. The van der Waals surface area contributed by atoms with Gasteiger partial charge in [0.2, 0.25) is 0 Å². The Balaban J connectivity index is 0.000000260. The Morgan fingerprint density at radius 1 is 0.568 bits per heavy atom. The van der Waals surface area contributed by atoms with Gasteiger partial charge >= 0.3 is 0 Å². The number of benzene rings is 4. The van der Waals surface area contributed by atoms with Crippen molar-refractivity contribution in [2.24, 2.45) is 0 Å². The zero-order valence-corrected chi connectivity index (χ0v) is 21.1. The molecule has 2 saturated heterocycles. The van der Waals surface area contributed by atoms with Gasteiger partial charge in [0.15, 0.2) is 0 Å². The van der Waals surface area contributed by atoms with Crippen LogP contribution in [0.1, 0.15) is 33.4 Å². The first-order valence-corrected chi connectivity index (χ1v) is 13.0. The molecule has 4 heteroatoms. The van der Waals surface area contributed by atoms with E-state index >= 15 is 0 Å². The van der Waals surface area contributed by atoms with E-state index in [9.17, 15) is 5.11 Å². The predicted molar refractivity (Wildman–Crippen MR) is 146 cm³/mol. The van der Waals surface area contributed by atoms with Gasteiger partial charge in [0.25, 0.3) is 0 Å². The van der Waals surface area contributed by atoms with Crippen LogP contribution in [0, 0.1) is 0 Å². The first-order valence-electron chi connectivity index (χ1n) is 13.0. The van der Waals surface area contributed by atoms with E-state index in [1.807, 2.05) is 24.3 Å². The molecule has 2 heterocycles. The van der Waals surface area contributed by atoms with E-state index in [1.165, 1.54) is 27.8 Å². The topological polar surface area (TPSA) is 54.5 Å². The van der Waals surface area contributed by atoms with Gasteiger partial charge in [-0.25, -0.2) is 0 Å². The van der Waals surface area contributed by atoms with Gasteiger partial charge in [0.05, 0.1) is 26.4 Å². The number of hydrogen-bond donors (Lipinski definition) is 1. The van der Waals surface area contributed by atoms with Crippen LogP contribution in [0.2, 0.25) is 0 Å². The van der Waals surface area contributed by atoms with Gasteiger partial charge in [-0.2, -0.15) is 0 Å². The number of phenolic OH excluding ortho intramolecular Hbond substituents is 1. The maximum atomic E-state index is 10.7. The average molecular weight is 495 g/mol. The van der Waals surface area contributed by atoms with Crippen molar-refractivity contribution in [3.8, 4) is 5.75 Å². The Labute approximate surface area is 219 Å². The summed E-state index contributed by atoms with van der Waals surface area (Å²) in [5.41, 5.74) is 7.30. The zero-order chi connectivity index (χ0) is 25.3. The predicted octanol–water partition coefficient (Wildman–Crippen LogP) is 5.97. The average Bonchev–Trinajstić information content (AvgIpc) is 3.87. The summed E-state index contributed by atoms with van der Waals surface area (Å²) in [6.07, 6.45) is 3.20. The third kappa shape index (κ3) is 8.02. The van der Waals surface area contributed by atoms with Gasteiger partial charge in [-0.3, -0.25) is 0 Å². The summed E-state index contributed by atoms with van der Waals surface area (Å²) in [4.78, 5) is 0. The molecule has 0 saturated carbocycles. The Morgan fingerprint density at radius 2 is 1.00 bits per heavy atom. The molecule has 1 N–H and O–H groups in total. The highest BCUT2D eigenvalue weighted by Crippen LogP contribution is 2.31. The van der Waals surface area contributed by atoms with Gasteiger partial charge < -0.3 is 19.3 Å². The second kappa shape index (κ2) is 12.7. The summed E-state index contributed by atoms with van der Waals surface area (Å²) < 4.78 is 15.1. The number of rotatable bonds is 10. The van der Waals surface area contributed by atoms with Crippen LogP contribution < -0.4 is 0 Å². The standard InChI is InChI=1S/C27H24O.C6H10O3/c28-27-17-16-24(18-21-10-4-1-5-11-21)25(19-22-12-6-2-7-13-22)26(27)20-23-14-8-3-9-15-23;1(5-3-8-5)7-2-6-4-9-6/h1-17,28H,18-20H2;5-6H,1-4H2. The van der Waals surface area contributed by atoms with Crippen molar-refractivity contribution in [1.82, 2.24) is 0 Å². The van der Waals surface area contributed by atoms with Crippen LogP contribution in [0.5, 0.6) is 5.75 Å². The number of hydrogen-bond acceptors (Lipinski definition) is 4. The van der Waals surface area contributed by atoms with E-state index in [4.69, 9.17) is 14.2 Å². The Morgan fingerprint density at radius 3 is 1.46 bits per heavy atom. The summed E-state index contributed by atoms with van der Waals surface area (Å²) >= 11 is 0. The minimum absolute atomic E-state index is 0.381. The van der Waals surface area contributed by atoms with Crippen LogP contribution in [0.15, 0.2) is 103 Å². The molecule has 6 rings (SSSR count). The zero-order valence-electron chi connectivity index (χ0n) is 21.1. The lowest BCUT2D eigenvalue weighted by atomic mass is 9.88. The van der Waals surface area contributed by atoms with E-state index in [0.29, 0.717) is 18.0 Å². The van der Waals surface area contributed by atoms with Gasteiger partial charge in [-0.1, -0.05) is 97.1 Å². The van der Waals surface area contributed by atoms with Gasteiger partial charge in [-0.05, 0) is 46.7 Å². The Hall–Kier alpha value is -3.44. The number of epoxide rings is 2. The summed E-state index contributed by atoms with van der Waals surface area (Å²) in [6.45, 7) is 3.26. The quantitative estimate of drug-likeness (QED) is 0.276. The molecule has 0 bridgehead atoms. The highest BCUT2D eigenvalue weighted by molar-refractivity contribution is 5.50. The number of aromatic hydroxyl groups is 1. The van der Waals surface area contributed by atoms with Crippen molar-refractivity contribution in [2.75, 3.05) is 26.4 Å². The summed E-state index contributed by atoms with van der Waals surface area (Å²) in [6, 6.07) is 35.3. The molecule has 0 aliphatic carbocycles. The SMILES string of the molecule is C(OCC1CO1)C1CO1.Oc1ccc(Cc2ccccc2)c(Cc2ccccc2)c1Cc1ccccc1. The van der Waals surface area contributed by atoms with Crippen molar-refractivity contribution in [2.45, 2.75) is 31.5 Å². The van der Waals surface area contributed by atoms with Crippen LogP contribution in [-0.2, 0) is 33.5 Å². The van der Waals surface area contributed by atoms with E-state index in [1.54, 1.807) is 0 Å². The van der Waals surface area contributed by atoms with Crippen molar-refractivity contribution < 1.29 is 19.3 Å². The number of ether oxygens (including phenoxy) is 3. The van der Waals surface area contributed by atoms with Crippen LogP contribution in [0.3, 0.4) is 0 Å². The van der Waals surface area contributed by atoms with Crippen LogP contribution in [0.4, 0.5) is 0 Å². The molecule has 0 spiro atoms. The molecule has 0 radical (unpaired) electrons. The highest BCUT2D eigenvalue weighted by Gasteiger charge is 2.26. The minimum atomic E-state index is 0.381. The van der Waals surface area contributed by atoms with Crippen molar-refractivity contribution in [1.29, 1.82) is 0 Å². The molecule has 2 aliphatic heterocycles. The van der Waals surface area contributed by atoms with Crippen molar-refractivity contribution in [3.05, 3.63) is 137 Å². The molecule has 4 aromatic rings. The van der Waals surface area contributed by atoms with Crippen LogP contribution in [0.25, 0.3) is 0 Å². The fourth-order valence-corrected chi connectivity index (χ4v) is 4.39. The molecule has 2 atom stereocenters. The molecule has 2 aliphatic rings. The lowest BCUT2D eigenvalue weighted by molar-refractivity contribution is 0.102. The molecule has 2 unspecified atom stereocenters. The smallest absolute Gasteiger partial charge is 0.119 e. The van der Waals surface area contributed by atoms with E-state index in [-0.39, 0.29) is 0 Å². The molecular formula is C33H34O4. The maximum Gasteiger partial charge on any atom is 0.119 e. The van der Waals surface area contributed by atoms with Crippen molar-refractivity contribution in [3.63, 3.8) is 0 Å². The van der Waals surface area contributed by atoms with E-state index in [0.717, 1.165) is 51.3 Å². The van der Waals surface area contributed by atoms with E-state index in [2.05, 4.69) is 78.9 Å². The number of phenols is 1. The van der Waals surface area contributed by atoms with Gasteiger partial charge in [0, 0.05) is 12.0 Å². The van der Waals surface area contributed by atoms with Crippen molar-refractivity contribution >= 4 is 0 Å². The normalized spacial score (nSPS) is 17.5. The van der Waals surface area contributed by atoms with Crippen LogP contribution in [-0.4, -0.2) is 43.7 Å². The third-order valence-corrected chi connectivity index (χ3v) is 6.60. The molecule has 4 nitrogen and oxygen atoms in total. The minimum Gasteiger partial charge on any atom is -0.508 e. The van der Waals surface area contributed by atoms with Crippen LogP contribution >= 0.6 is 0 Å². The first-order chi connectivity index (χ1) is 18.2. The third-order valence-electron chi connectivity index (χ3n) is 6.60. The highest BCUT2D eigenvalue weighted by atomic mass is 16.6. The molecular weight excluding hydrogens is 460 g/mol. The maximum absolute atomic E-state index is 10.7. The van der Waals surface area contributed by atoms with Gasteiger partial charge in [0.1, 0.15) is 18.0 Å². The fraction of sp³-hybridized carbons (Fsp3) is 0.273. The largest absolute Gasteiger partial charge is 0.508 e. The molecule has 4 aromatic carbocycles. The lowest BCUT2D eigenvalue weighted by Crippen LogP contribution is -2.06. The van der Waals surface area contributed by atoms with Gasteiger partial charge in [-0.15, -0.1) is 0 Å². The molecule has 0 aromatic heterocycles. The first kappa shape index (κ1) is 25.2. The molecule has 37 heavy (non-hydrogen) atoms. The Bertz CT molecular complexity index is 1220. The monoisotopic (exact) mass is 494 g/mol. The molecule has 2 fully saturated rings. The molecule has 0 amide bonds. The van der Waals surface area contributed by atoms with E-state index < -0.39 is 0 Å². The summed E-state index contributed by atoms with van der Waals surface area (Å²) in [5, 5.41) is 10.7. The molecule has 190 valence electrons. The summed E-state index contributed by atoms with van der Waals surface area (Å²) in [7, 11) is 0. The fourth-order valence-electron chi connectivity index (χ4n) is 4.39. The Kier molecular flexibility index (Phi) is 8.65. The lowest BCUT2D eigenvalue weighted by Gasteiger charge is -2.17.